The number of pyridine rings is 1. The van der Waals surface area contributed by atoms with Gasteiger partial charge in [-0.15, -0.1) is 0 Å². The zero-order valence-corrected chi connectivity index (χ0v) is 17.7. The lowest BCUT2D eigenvalue weighted by Gasteiger charge is -2.43. The Bertz CT molecular complexity index is 1220. The number of nitrogens with zero attached hydrogens (tertiary/aromatic N) is 2. The fourth-order valence-electron chi connectivity index (χ4n) is 5.61. The molecule has 4 heterocycles. The molecule has 7 nitrogen and oxygen atoms in total. The molecule has 0 radical (unpaired) electrons. The Morgan fingerprint density at radius 3 is 2.58 bits per heavy atom. The number of nitrogens with one attached hydrogen (secondary N) is 1. The predicted molar refractivity (Wildman–Crippen MR) is 110 cm³/mol. The normalized spacial score (nSPS) is 23.3. The van der Waals surface area contributed by atoms with Crippen LogP contribution in [-0.2, 0) is 18.5 Å². The summed E-state index contributed by atoms with van der Waals surface area (Å²) in [4.78, 5) is 40.7. The Balaban J connectivity index is 1.53. The highest BCUT2D eigenvalue weighted by Gasteiger charge is 2.50. The second-order valence-corrected chi connectivity index (χ2v) is 8.97. The van der Waals surface area contributed by atoms with Crippen LogP contribution in [-0.4, -0.2) is 45.6 Å². The van der Waals surface area contributed by atoms with E-state index in [9.17, 15) is 32.7 Å². The molecular formula is C23H22F3N3O4. The summed E-state index contributed by atoms with van der Waals surface area (Å²) in [6, 6.07) is 1.87. The van der Waals surface area contributed by atoms with Crippen molar-refractivity contribution in [1.82, 2.24) is 14.8 Å². The van der Waals surface area contributed by atoms with Crippen LogP contribution in [0.15, 0.2) is 23.0 Å². The molecule has 2 unspecified atom stereocenters. The lowest BCUT2D eigenvalue weighted by molar-refractivity contribution is 0.0402. The van der Waals surface area contributed by atoms with Gasteiger partial charge in [0.2, 0.25) is 0 Å². The third kappa shape index (κ3) is 3.26. The van der Waals surface area contributed by atoms with Gasteiger partial charge in [-0.3, -0.25) is 14.4 Å². The number of hydrogen-bond donors (Lipinski definition) is 2. The monoisotopic (exact) mass is 461 g/mol. The number of hydrogen-bond acceptors (Lipinski definition) is 4. The summed E-state index contributed by atoms with van der Waals surface area (Å²) in [7, 11) is 0. The number of aliphatic hydroxyl groups excluding tert-OH is 1. The standard InChI is InChI=1S/C23H22F3N3O4/c24-12-6-15(25)14(16(26)7-12)9-27-21(32)20-17-3-5-23-4-1-2-13(10-30)28(11-23)22(33)18(29(17)23)8-19(20)31/h6-8,13,30H,1-5,9-11H2,(H,27,32). The molecule has 1 aromatic heterocycles. The maximum atomic E-state index is 13.9. The molecule has 2 aromatic rings. The lowest BCUT2D eigenvalue weighted by atomic mass is 9.89. The van der Waals surface area contributed by atoms with Crippen molar-refractivity contribution in [2.24, 2.45) is 0 Å². The third-order valence-electron chi connectivity index (χ3n) is 7.15. The smallest absolute Gasteiger partial charge is 0.271 e. The van der Waals surface area contributed by atoms with E-state index in [1.165, 1.54) is 0 Å². The Hall–Kier alpha value is -3.14. The van der Waals surface area contributed by atoms with Crippen molar-refractivity contribution in [1.29, 1.82) is 0 Å². The number of aromatic nitrogens is 1. The number of fused-ring (bicyclic) bond motifs is 1. The van der Waals surface area contributed by atoms with E-state index >= 15 is 0 Å². The molecule has 174 valence electrons. The van der Waals surface area contributed by atoms with E-state index in [1.807, 2.05) is 0 Å². The zero-order valence-electron chi connectivity index (χ0n) is 17.7. The van der Waals surface area contributed by atoms with Crippen molar-refractivity contribution in [2.75, 3.05) is 13.2 Å². The second kappa shape index (κ2) is 7.72. The largest absolute Gasteiger partial charge is 0.394 e. The van der Waals surface area contributed by atoms with Crippen molar-refractivity contribution in [3.8, 4) is 0 Å². The molecule has 3 aliphatic rings. The molecular weight excluding hydrogens is 439 g/mol. The first kappa shape index (κ1) is 21.7. The van der Waals surface area contributed by atoms with Crippen molar-refractivity contribution >= 4 is 11.8 Å². The topological polar surface area (TPSA) is 91.6 Å². The van der Waals surface area contributed by atoms with Gasteiger partial charge >= 0.3 is 0 Å². The minimum atomic E-state index is -1.14. The van der Waals surface area contributed by atoms with Crippen molar-refractivity contribution in [2.45, 2.75) is 50.2 Å². The first-order valence-corrected chi connectivity index (χ1v) is 10.9. The third-order valence-corrected chi connectivity index (χ3v) is 7.15. The highest BCUT2D eigenvalue weighted by molar-refractivity contribution is 5.98. The fourth-order valence-corrected chi connectivity index (χ4v) is 5.61. The Kier molecular flexibility index (Phi) is 5.08. The summed E-state index contributed by atoms with van der Waals surface area (Å²) in [5, 5.41) is 12.1. The molecule has 1 aromatic carbocycles. The van der Waals surface area contributed by atoms with Crippen LogP contribution in [0.1, 0.15) is 57.8 Å². The van der Waals surface area contributed by atoms with E-state index in [-0.39, 0.29) is 29.8 Å². The van der Waals surface area contributed by atoms with Crippen LogP contribution in [0.3, 0.4) is 0 Å². The Labute approximate surface area is 186 Å². The predicted octanol–water partition coefficient (Wildman–Crippen LogP) is 1.84. The Morgan fingerprint density at radius 2 is 1.88 bits per heavy atom. The summed E-state index contributed by atoms with van der Waals surface area (Å²) >= 11 is 0. The van der Waals surface area contributed by atoms with Gasteiger partial charge in [0.15, 0.2) is 5.43 Å². The molecule has 3 aliphatic heterocycles. The van der Waals surface area contributed by atoms with Crippen LogP contribution >= 0.6 is 0 Å². The first-order chi connectivity index (χ1) is 15.8. The highest BCUT2D eigenvalue weighted by atomic mass is 19.1. The summed E-state index contributed by atoms with van der Waals surface area (Å²) in [6.07, 6.45) is 3.21. The fraction of sp³-hybridized carbons (Fsp3) is 0.435. The molecule has 1 fully saturated rings. The molecule has 1 spiro atoms. The van der Waals surface area contributed by atoms with Crippen molar-refractivity contribution in [3.63, 3.8) is 0 Å². The second-order valence-electron chi connectivity index (χ2n) is 8.97. The van der Waals surface area contributed by atoms with Crippen LogP contribution in [0, 0.1) is 17.5 Å². The van der Waals surface area contributed by atoms with Gasteiger partial charge in [-0.05, 0) is 32.1 Å². The highest BCUT2D eigenvalue weighted by Crippen LogP contribution is 2.44. The van der Waals surface area contributed by atoms with Crippen LogP contribution in [0.2, 0.25) is 0 Å². The number of amides is 2. The molecule has 0 saturated carbocycles. The molecule has 5 rings (SSSR count). The molecule has 2 N–H and O–H groups in total. The van der Waals surface area contributed by atoms with Gasteiger partial charge in [0, 0.05) is 42.5 Å². The molecule has 2 bridgehead atoms. The molecule has 0 aliphatic carbocycles. The van der Waals surface area contributed by atoms with Crippen LogP contribution in [0.4, 0.5) is 13.2 Å². The molecule has 2 atom stereocenters. The molecule has 2 amide bonds. The quantitative estimate of drug-likeness (QED) is 0.727. The molecule has 33 heavy (non-hydrogen) atoms. The SMILES string of the molecule is O=C(NCc1c(F)cc(F)cc1F)c1c2n3c(cc1=O)C(=O)N1CC3(CCCC1CO)CC2. The van der Waals surface area contributed by atoms with E-state index in [0.29, 0.717) is 43.6 Å². The van der Waals surface area contributed by atoms with Gasteiger partial charge in [0.05, 0.1) is 18.2 Å². The number of halogens is 3. The maximum absolute atomic E-state index is 13.9. The van der Waals surface area contributed by atoms with E-state index in [4.69, 9.17) is 0 Å². The van der Waals surface area contributed by atoms with Crippen molar-refractivity contribution in [3.05, 3.63) is 68.4 Å². The summed E-state index contributed by atoms with van der Waals surface area (Å²) in [6.45, 7) is -0.323. The van der Waals surface area contributed by atoms with E-state index in [2.05, 4.69) is 5.32 Å². The molecule has 10 heteroatoms. The van der Waals surface area contributed by atoms with Crippen LogP contribution < -0.4 is 10.7 Å². The van der Waals surface area contributed by atoms with E-state index in [0.717, 1.165) is 18.9 Å². The minimum absolute atomic E-state index is 0.150. The number of benzene rings is 1. The van der Waals surface area contributed by atoms with Crippen LogP contribution in [0.5, 0.6) is 0 Å². The number of carbonyl (C=O) groups is 2. The van der Waals surface area contributed by atoms with E-state index in [1.54, 1.807) is 9.47 Å². The first-order valence-electron chi connectivity index (χ1n) is 10.9. The van der Waals surface area contributed by atoms with E-state index < -0.39 is 46.4 Å². The molecule has 1 saturated heterocycles. The van der Waals surface area contributed by atoms with Gasteiger partial charge < -0.3 is 19.9 Å². The zero-order chi connectivity index (χ0) is 23.5. The summed E-state index contributed by atoms with van der Waals surface area (Å²) in [5.41, 5.74) is -1.14. The van der Waals surface area contributed by atoms with Gasteiger partial charge in [-0.25, -0.2) is 13.2 Å². The Morgan fingerprint density at radius 1 is 1.15 bits per heavy atom. The maximum Gasteiger partial charge on any atom is 0.271 e. The number of aliphatic hydroxyl groups is 1. The van der Waals surface area contributed by atoms with Crippen molar-refractivity contribution < 1.29 is 27.9 Å². The summed E-state index contributed by atoms with van der Waals surface area (Å²) in [5.74, 6) is -4.50. The number of carbonyl (C=O) groups excluding carboxylic acids is 2. The number of rotatable bonds is 4. The average molecular weight is 461 g/mol. The average Bonchev–Trinajstić information content (AvgIpc) is 3.02. The van der Waals surface area contributed by atoms with Gasteiger partial charge in [-0.2, -0.15) is 0 Å². The van der Waals surface area contributed by atoms with Gasteiger partial charge in [0.1, 0.15) is 28.7 Å². The van der Waals surface area contributed by atoms with Gasteiger partial charge in [-0.1, -0.05) is 0 Å². The lowest BCUT2D eigenvalue weighted by Crippen LogP contribution is -2.55. The van der Waals surface area contributed by atoms with Gasteiger partial charge in [0.25, 0.3) is 11.8 Å². The minimum Gasteiger partial charge on any atom is -0.394 e. The van der Waals surface area contributed by atoms with Crippen LogP contribution in [0.25, 0.3) is 0 Å². The summed E-state index contributed by atoms with van der Waals surface area (Å²) < 4.78 is 42.8.